The standard InChI is InChI=1S/C25H29F3N2O4S/c1-5-30(23(33)29-18-7-10-20(11-8-18)34-25(26,27)28)19-9-6-16-14-21(15(2)12-17(16)13-19)35-24(3,4)22(31)32/h6-11,13,15,21H,5,12,14H2,1-4H3,(H,29,33)(H,31,32). The Hall–Kier alpha value is -2.88. The molecular weight excluding hydrogens is 481 g/mol. The molecule has 2 aromatic carbocycles. The van der Waals surface area contributed by atoms with Crippen LogP contribution in [0.15, 0.2) is 42.5 Å². The Bertz CT molecular complexity index is 1070. The molecule has 0 spiro atoms. The average molecular weight is 511 g/mol. The lowest BCUT2D eigenvalue weighted by Crippen LogP contribution is -2.36. The van der Waals surface area contributed by atoms with E-state index in [-0.39, 0.29) is 16.9 Å². The van der Waals surface area contributed by atoms with Crippen molar-refractivity contribution in [2.45, 2.75) is 56.9 Å². The number of nitrogens with one attached hydrogen (secondary N) is 1. The molecule has 0 fully saturated rings. The van der Waals surface area contributed by atoms with Gasteiger partial charge in [0.25, 0.3) is 0 Å². The molecule has 0 aliphatic heterocycles. The van der Waals surface area contributed by atoms with E-state index < -0.39 is 23.1 Å². The van der Waals surface area contributed by atoms with Gasteiger partial charge < -0.3 is 15.2 Å². The minimum Gasteiger partial charge on any atom is -0.480 e. The molecule has 190 valence electrons. The first kappa shape index (κ1) is 26.7. The number of alkyl halides is 3. The first-order valence-corrected chi connectivity index (χ1v) is 12.1. The lowest BCUT2D eigenvalue weighted by Gasteiger charge is -2.35. The second-order valence-corrected chi connectivity index (χ2v) is 10.9. The Morgan fingerprint density at radius 1 is 1.11 bits per heavy atom. The molecule has 2 amide bonds. The van der Waals surface area contributed by atoms with Crippen LogP contribution in [0.25, 0.3) is 0 Å². The number of anilines is 2. The maximum Gasteiger partial charge on any atom is 0.573 e. The highest BCUT2D eigenvalue weighted by Crippen LogP contribution is 2.40. The highest BCUT2D eigenvalue weighted by Gasteiger charge is 2.36. The number of carbonyl (C=O) groups is 2. The number of aliphatic carboxylic acids is 1. The fourth-order valence-electron chi connectivity index (χ4n) is 4.03. The Kier molecular flexibility index (Phi) is 7.93. The van der Waals surface area contributed by atoms with E-state index >= 15 is 0 Å². The molecule has 1 aliphatic carbocycles. The van der Waals surface area contributed by atoms with Crippen molar-refractivity contribution < 1.29 is 32.6 Å². The van der Waals surface area contributed by atoms with Crippen molar-refractivity contribution in [2.75, 3.05) is 16.8 Å². The Labute approximate surface area is 206 Å². The van der Waals surface area contributed by atoms with Crippen molar-refractivity contribution in [1.29, 1.82) is 0 Å². The molecule has 2 N–H and O–H groups in total. The van der Waals surface area contributed by atoms with Crippen molar-refractivity contribution >= 4 is 35.1 Å². The predicted molar refractivity (Wildman–Crippen MR) is 131 cm³/mol. The van der Waals surface area contributed by atoms with Crippen molar-refractivity contribution in [1.82, 2.24) is 0 Å². The summed E-state index contributed by atoms with van der Waals surface area (Å²) in [7, 11) is 0. The van der Waals surface area contributed by atoms with E-state index in [0.29, 0.717) is 17.9 Å². The van der Waals surface area contributed by atoms with Gasteiger partial charge in [0.05, 0.1) is 0 Å². The SMILES string of the molecule is CCN(C(=O)Nc1ccc(OC(F)(F)F)cc1)c1ccc2c(c1)CC(C)C(SC(C)(C)C(=O)O)C2. The summed E-state index contributed by atoms with van der Waals surface area (Å²) < 4.78 is 40.0. The molecule has 35 heavy (non-hydrogen) atoms. The topological polar surface area (TPSA) is 78.9 Å². The molecule has 0 aromatic heterocycles. The Balaban J connectivity index is 1.71. The second-order valence-electron chi connectivity index (χ2n) is 9.06. The number of carboxylic acids is 1. The van der Waals surface area contributed by atoms with Crippen LogP contribution in [0.3, 0.4) is 0 Å². The number of hydrogen-bond donors (Lipinski definition) is 2. The zero-order valence-corrected chi connectivity index (χ0v) is 20.8. The van der Waals surface area contributed by atoms with Crippen LogP contribution in [-0.2, 0) is 17.6 Å². The molecule has 0 heterocycles. The van der Waals surface area contributed by atoms with Crippen LogP contribution in [0.1, 0.15) is 38.8 Å². The van der Waals surface area contributed by atoms with Gasteiger partial charge in [-0.25, -0.2) is 4.79 Å². The van der Waals surface area contributed by atoms with Crippen molar-refractivity contribution in [3.05, 3.63) is 53.6 Å². The number of nitrogens with zero attached hydrogens (tertiary/aromatic N) is 1. The maximum absolute atomic E-state index is 12.9. The third-order valence-electron chi connectivity index (χ3n) is 5.96. The summed E-state index contributed by atoms with van der Waals surface area (Å²) in [6, 6.07) is 10.4. The number of fused-ring (bicyclic) bond motifs is 1. The van der Waals surface area contributed by atoms with Crippen LogP contribution in [0.5, 0.6) is 5.75 Å². The predicted octanol–water partition coefficient (Wildman–Crippen LogP) is 6.34. The Morgan fingerprint density at radius 3 is 2.34 bits per heavy atom. The number of amides is 2. The number of carboxylic acid groups (broad SMARTS) is 1. The number of rotatable bonds is 7. The summed E-state index contributed by atoms with van der Waals surface area (Å²) in [5, 5.41) is 12.4. The molecule has 0 saturated heterocycles. The summed E-state index contributed by atoms with van der Waals surface area (Å²) in [5.74, 6) is -0.930. The highest BCUT2D eigenvalue weighted by atomic mass is 32.2. The number of thioether (sulfide) groups is 1. The van der Waals surface area contributed by atoms with E-state index in [1.165, 1.54) is 23.9 Å². The van der Waals surface area contributed by atoms with Gasteiger partial charge in [-0.2, -0.15) is 0 Å². The van der Waals surface area contributed by atoms with Gasteiger partial charge >= 0.3 is 18.4 Å². The monoisotopic (exact) mass is 510 g/mol. The number of halogens is 3. The van der Waals surface area contributed by atoms with E-state index in [1.54, 1.807) is 18.7 Å². The fraction of sp³-hybridized carbons (Fsp3) is 0.440. The number of benzene rings is 2. The largest absolute Gasteiger partial charge is 0.573 e. The third kappa shape index (κ3) is 6.84. The summed E-state index contributed by atoms with van der Waals surface area (Å²) in [5.41, 5.74) is 3.32. The minimum absolute atomic E-state index is 0.175. The smallest absolute Gasteiger partial charge is 0.480 e. The maximum atomic E-state index is 12.9. The molecule has 0 radical (unpaired) electrons. The summed E-state index contributed by atoms with van der Waals surface area (Å²) in [4.78, 5) is 26.0. The van der Waals surface area contributed by atoms with Crippen molar-refractivity contribution in [3.8, 4) is 5.75 Å². The van der Waals surface area contributed by atoms with Crippen LogP contribution < -0.4 is 15.0 Å². The van der Waals surface area contributed by atoms with Gasteiger partial charge in [0.1, 0.15) is 10.5 Å². The number of urea groups is 1. The van der Waals surface area contributed by atoms with Gasteiger partial charge in [-0.15, -0.1) is 24.9 Å². The minimum atomic E-state index is -4.78. The zero-order chi connectivity index (χ0) is 26.0. The van der Waals surface area contributed by atoms with Gasteiger partial charge in [-0.1, -0.05) is 13.0 Å². The molecule has 2 atom stereocenters. The summed E-state index contributed by atoms with van der Waals surface area (Å²) in [6.45, 7) is 7.78. The molecule has 1 aliphatic rings. The molecule has 6 nitrogen and oxygen atoms in total. The Morgan fingerprint density at radius 2 is 1.77 bits per heavy atom. The summed E-state index contributed by atoms with van der Waals surface area (Å²) >= 11 is 1.48. The van der Waals surface area contributed by atoms with E-state index in [9.17, 15) is 27.9 Å². The third-order valence-corrected chi connectivity index (χ3v) is 7.66. The number of hydrogen-bond acceptors (Lipinski definition) is 4. The molecular formula is C25H29F3N2O4S. The second kappa shape index (κ2) is 10.4. The molecule has 0 saturated carbocycles. The van der Waals surface area contributed by atoms with Crippen LogP contribution >= 0.6 is 11.8 Å². The van der Waals surface area contributed by atoms with Gasteiger partial charge in [-0.3, -0.25) is 9.69 Å². The molecule has 3 rings (SSSR count). The average Bonchev–Trinajstić information content (AvgIpc) is 2.75. The van der Waals surface area contributed by atoms with Crippen LogP contribution in [0.4, 0.5) is 29.3 Å². The summed E-state index contributed by atoms with van der Waals surface area (Å²) in [6.07, 6.45) is -3.25. The van der Waals surface area contributed by atoms with Gasteiger partial charge in [0, 0.05) is 23.2 Å². The van der Waals surface area contributed by atoms with Gasteiger partial charge in [-0.05, 0) is 87.1 Å². The molecule has 10 heteroatoms. The van der Waals surface area contributed by atoms with Gasteiger partial charge in [0.15, 0.2) is 0 Å². The molecule has 2 unspecified atom stereocenters. The van der Waals surface area contributed by atoms with Crippen LogP contribution in [-0.4, -0.2) is 40.0 Å². The number of carbonyl (C=O) groups excluding carboxylic acids is 1. The zero-order valence-electron chi connectivity index (χ0n) is 20.0. The van der Waals surface area contributed by atoms with E-state index in [2.05, 4.69) is 17.0 Å². The van der Waals surface area contributed by atoms with Crippen LogP contribution in [0.2, 0.25) is 0 Å². The van der Waals surface area contributed by atoms with Crippen LogP contribution in [0, 0.1) is 5.92 Å². The van der Waals surface area contributed by atoms with Crippen molar-refractivity contribution in [3.63, 3.8) is 0 Å². The quantitative estimate of drug-likeness (QED) is 0.454. The fourth-order valence-corrected chi connectivity index (χ4v) is 5.48. The van der Waals surface area contributed by atoms with E-state index in [0.717, 1.165) is 36.1 Å². The van der Waals surface area contributed by atoms with Crippen molar-refractivity contribution in [2.24, 2.45) is 5.92 Å². The lowest BCUT2D eigenvalue weighted by atomic mass is 9.84. The first-order chi connectivity index (χ1) is 16.3. The van der Waals surface area contributed by atoms with E-state index in [4.69, 9.17) is 0 Å². The van der Waals surface area contributed by atoms with E-state index in [1.807, 2.05) is 25.1 Å². The number of ether oxygens (including phenoxy) is 1. The molecule has 2 aromatic rings. The lowest BCUT2D eigenvalue weighted by molar-refractivity contribution is -0.274. The first-order valence-electron chi connectivity index (χ1n) is 11.3. The normalized spacial score (nSPS) is 17.9. The molecule has 0 bridgehead atoms. The van der Waals surface area contributed by atoms with Gasteiger partial charge in [0.2, 0.25) is 0 Å². The highest BCUT2D eigenvalue weighted by molar-refractivity contribution is 8.01.